The summed E-state index contributed by atoms with van der Waals surface area (Å²) in [6.07, 6.45) is 4.52. The number of rotatable bonds is 3. The van der Waals surface area contributed by atoms with Crippen LogP contribution in [0.15, 0.2) is 6.20 Å². The number of hydrogen-bond acceptors (Lipinski definition) is 4. The molecule has 0 radical (unpaired) electrons. The van der Waals surface area contributed by atoms with E-state index in [9.17, 15) is 0 Å². The lowest BCUT2D eigenvalue weighted by Gasteiger charge is -2.04. The van der Waals surface area contributed by atoms with Crippen LogP contribution in [-0.4, -0.2) is 22.5 Å². The molecule has 2 rings (SSSR count). The van der Waals surface area contributed by atoms with E-state index in [0.717, 1.165) is 0 Å². The van der Waals surface area contributed by atoms with Crippen molar-refractivity contribution in [1.29, 1.82) is 0 Å². The minimum absolute atomic E-state index is 0.222. The Kier molecular flexibility index (Phi) is 3.47. The normalized spacial score (nSPS) is 24.0. The maximum absolute atomic E-state index is 9.04. The lowest BCUT2D eigenvalue weighted by molar-refractivity contribution is 0.274. The van der Waals surface area contributed by atoms with Gasteiger partial charge in [0.1, 0.15) is 5.01 Å². The fourth-order valence-electron chi connectivity index (χ4n) is 1.54. The van der Waals surface area contributed by atoms with Gasteiger partial charge in [0.15, 0.2) is 0 Å². The average molecular weight is 229 g/mol. The number of nitrogens with zero attached hydrogens (tertiary/aromatic N) is 1. The van der Waals surface area contributed by atoms with Crippen LogP contribution in [0.4, 0.5) is 0 Å². The van der Waals surface area contributed by atoms with Gasteiger partial charge in [-0.05, 0) is 18.6 Å². The van der Waals surface area contributed by atoms with Gasteiger partial charge >= 0.3 is 0 Å². The first-order valence-electron chi connectivity index (χ1n) is 4.99. The zero-order valence-corrected chi connectivity index (χ0v) is 9.90. The van der Waals surface area contributed by atoms with Crippen LogP contribution < -0.4 is 0 Å². The molecule has 0 aromatic carbocycles. The third kappa shape index (κ3) is 2.12. The Labute approximate surface area is 92.8 Å². The van der Waals surface area contributed by atoms with Crippen molar-refractivity contribution in [3.8, 4) is 0 Å². The molecule has 1 aliphatic rings. The van der Waals surface area contributed by atoms with Crippen LogP contribution in [0, 0.1) is 0 Å². The minimum Gasteiger partial charge on any atom is -0.396 e. The van der Waals surface area contributed by atoms with Crippen LogP contribution in [0.5, 0.6) is 0 Å². The maximum atomic E-state index is 9.04. The van der Waals surface area contributed by atoms with E-state index in [1.165, 1.54) is 28.5 Å². The topological polar surface area (TPSA) is 33.1 Å². The van der Waals surface area contributed by atoms with E-state index in [2.05, 4.69) is 4.98 Å². The molecule has 0 spiro atoms. The van der Waals surface area contributed by atoms with Crippen LogP contribution in [0.25, 0.3) is 0 Å². The summed E-state index contributed by atoms with van der Waals surface area (Å²) in [7, 11) is 0. The monoisotopic (exact) mass is 229 g/mol. The minimum atomic E-state index is 0.222. The number of aliphatic hydroxyl groups excluding tert-OH is 1. The fraction of sp³-hybridized carbons (Fsp3) is 0.700. The van der Waals surface area contributed by atoms with Gasteiger partial charge in [0.2, 0.25) is 0 Å². The Morgan fingerprint density at radius 3 is 3.21 bits per heavy atom. The Hall–Kier alpha value is -0.0600. The molecule has 0 aliphatic carbocycles. The summed E-state index contributed by atoms with van der Waals surface area (Å²) in [5.74, 6) is 1.52. The smallest absolute Gasteiger partial charge is 0.106 e. The molecule has 1 aliphatic heterocycles. The number of thioether (sulfide) groups is 1. The summed E-state index contributed by atoms with van der Waals surface area (Å²) >= 11 is 3.78. The van der Waals surface area contributed by atoms with Gasteiger partial charge in [0.05, 0.1) is 11.9 Å². The second kappa shape index (κ2) is 4.64. The van der Waals surface area contributed by atoms with Gasteiger partial charge in [0, 0.05) is 17.0 Å². The van der Waals surface area contributed by atoms with Crippen molar-refractivity contribution in [3.63, 3.8) is 0 Å². The van der Waals surface area contributed by atoms with Crippen LogP contribution in [0.3, 0.4) is 0 Å². The Balaban J connectivity index is 2.08. The van der Waals surface area contributed by atoms with E-state index in [4.69, 9.17) is 5.11 Å². The second-order valence-electron chi connectivity index (χ2n) is 3.69. The van der Waals surface area contributed by atoms with Crippen molar-refractivity contribution in [2.75, 3.05) is 12.4 Å². The van der Waals surface area contributed by atoms with E-state index < -0.39 is 0 Å². The van der Waals surface area contributed by atoms with Crippen molar-refractivity contribution in [2.24, 2.45) is 0 Å². The van der Waals surface area contributed by atoms with Gasteiger partial charge in [-0.2, -0.15) is 11.8 Å². The van der Waals surface area contributed by atoms with E-state index in [1.807, 2.05) is 24.9 Å². The first kappa shape index (κ1) is 10.5. The fourth-order valence-corrected chi connectivity index (χ4v) is 4.02. The molecule has 2 unspecified atom stereocenters. The number of hydrogen-bond donors (Lipinski definition) is 1. The Bertz CT molecular complexity index is 294. The predicted molar refractivity (Wildman–Crippen MR) is 62.0 cm³/mol. The van der Waals surface area contributed by atoms with E-state index in [0.29, 0.717) is 5.25 Å². The highest BCUT2D eigenvalue weighted by atomic mass is 32.2. The van der Waals surface area contributed by atoms with Crippen molar-refractivity contribution in [2.45, 2.75) is 30.9 Å². The summed E-state index contributed by atoms with van der Waals surface area (Å²) in [6, 6.07) is 0. The molecule has 2 atom stereocenters. The third-order valence-corrected chi connectivity index (χ3v) is 5.38. The van der Waals surface area contributed by atoms with Gasteiger partial charge in [-0.1, -0.05) is 6.92 Å². The largest absolute Gasteiger partial charge is 0.396 e. The quantitative estimate of drug-likeness (QED) is 0.865. The average Bonchev–Trinajstić information content (AvgIpc) is 2.86. The summed E-state index contributed by atoms with van der Waals surface area (Å²) in [5, 5.41) is 10.9. The lowest BCUT2D eigenvalue weighted by atomic mass is 10.2. The number of aromatic nitrogens is 1. The van der Waals surface area contributed by atoms with E-state index in [1.54, 1.807) is 11.3 Å². The van der Waals surface area contributed by atoms with Crippen LogP contribution in [0.1, 0.15) is 40.8 Å². The SMILES string of the molecule is CC(CO)c1cnc(C2CCCS2)s1. The summed E-state index contributed by atoms with van der Waals surface area (Å²) in [5.41, 5.74) is 0. The van der Waals surface area contributed by atoms with Gasteiger partial charge in [-0.3, -0.25) is 0 Å². The van der Waals surface area contributed by atoms with E-state index in [-0.39, 0.29) is 12.5 Å². The number of aliphatic hydroxyl groups is 1. The van der Waals surface area contributed by atoms with Gasteiger partial charge in [0.25, 0.3) is 0 Å². The van der Waals surface area contributed by atoms with Crippen molar-refractivity contribution < 1.29 is 5.11 Å². The molecule has 0 amide bonds. The van der Waals surface area contributed by atoms with Gasteiger partial charge in [-0.25, -0.2) is 4.98 Å². The molecule has 1 saturated heterocycles. The highest BCUT2D eigenvalue weighted by Gasteiger charge is 2.21. The van der Waals surface area contributed by atoms with Crippen molar-refractivity contribution in [1.82, 2.24) is 4.98 Å². The molecule has 14 heavy (non-hydrogen) atoms. The Morgan fingerprint density at radius 2 is 2.57 bits per heavy atom. The van der Waals surface area contributed by atoms with Crippen LogP contribution in [0.2, 0.25) is 0 Å². The van der Waals surface area contributed by atoms with Crippen molar-refractivity contribution in [3.05, 3.63) is 16.1 Å². The molecule has 1 N–H and O–H groups in total. The zero-order valence-electron chi connectivity index (χ0n) is 8.27. The standard InChI is InChI=1S/C10H15NOS2/c1-7(6-12)9-5-11-10(14-9)8-3-2-4-13-8/h5,7-8,12H,2-4,6H2,1H3. The predicted octanol–water partition coefficient (Wildman–Crippen LogP) is 2.81. The molecule has 0 bridgehead atoms. The molecule has 4 heteroatoms. The molecular formula is C10H15NOS2. The first-order chi connectivity index (χ1) is 6.81. The van der Waals surface area contributed by atoms with Crippen LogP contribution >= 0.6 is 23.1 Å². The zero-order chi connectivity index (χ0) is 9.97. The third-order valence-electron chi connectivity index (χ3n) is 2.51. The lowest BCUT2D eigenvalue weighted by Crippen LogP contribution is -1.94. The molecule has 1 aromatic heterocycles. The van der Waals surface area contributed by atoms with Gasteiger partial charge < -0.3 is 5.11 Å². The molecular weight excluding hydrogens is 214 g/mol. The van der Waals surface area contributed by atoms with Gasteiger partial charge in [-0.15, -0.1) is 11.3 Å². The molecule has 1 fully saturated rings. The Morgan fingerprint density at radius 1 is 1.71 bits per heavy atom. The van der Waals surface area contributed by atoms with Crippen molar-refractivity contribution >= 4 is 23.1 Å². The molecule has 2 heterocycles. The molecule has 78 valence electrons. The first-order valence-corrected chi connectivity index (χ1v) is 6.86. The number of thiazole rings is 1. The molecule has 2 nitrogen and oxygen atoms in total. The summed E-state index contributed by atoms with van der Waals surface area (Å²) < 4.78 is 0. The summed E-state index contributed by atoms with van der Waals surface area (Å²) in [4.78, 5) is 5.67. The maximum Gasteiger partial charge on any atom is 0.106 e. The molecule has 0 saturated carbocycles. The highest BCUT2D eigenvalue weighted by Crippen LogP contribution is 2.42. The highest BCUT2D eigenvalue weighted by molar-refractivity contribution is 7.99. The summed E-state index contributed by atoms with van der Waals surface area (Å²) in [6.45, 7) is 2.26. The van der Waals surface area contributed by atoms with Crippen LogP contribution in [-0.2, 0) is 0 Å². The second-order valence-corrected chi connectivity index (χ2v) is 6.09. The molecule has 1 aromatic rings. The van der Waals surface area contributed by atoms with E-state index >= 15 is 0 Å².